The van der Waals surface area contributed by atoms with Gasteiger partial charge in [-0.2, -0.15) is 0 Å². The first kappa shape index (κ1) is 12.5. The van der Waals surface area contributed by atoms with Crippen LogP contribution in [-0.2, 0) is 7.05 Å². The van der Waals surface area contributed by atoms with Crippen LogP contribution in [0.3, 0.4) is 0 Å². The highest BCUT2D eigenvalue weighted by molar-refractivity contribution is 7.99. The third kappa shape index (κ3) is 2.57. The average Bonchev–Trinajstić information content (AvgIpc) is 2.70. The minimum absolute atomic E-state index is 0.550. The van der Waals surface area contributed by atoms with Gasteiger partial charge in [0.05, 0.1) is 0 Å². The van der Waals surface area contributed by atoms with Crippen molar-refractivity contribution in [3.8, 4) is 0 Å². The highest BCUT2D eigenvalue weighted by atomic mass is 32.2. The van der Waals surface area contributed by atoms with Crippen molar-refractivity contribution in [1.82, 2.24) is 20.1 Å². The summed E-state index contributed by atoms with van der Waals surface area (Å²) in [5.74, 6) is 3.86. The van der Waals surface area contributed by atoms with E-state index >= 15 is 0 Å². The fraction of sp³-hybridized carbons (Fsp3) is 0.846. The van der Waals surface area contributed by atoms with Crippen molar-refractivity contribution in [2.75, 3.05) is 18.8 Å². The van der Waals surface area contributed by atoms with Gasteiger partial charge >= 0.3 is 0 Å². The molecule has 4 nitrogen and oxygen atoms in total. The van der Waals surface area contributed by atoms with E-state index in [9.17, 15) is 0 Å². The molecule has 0 spiro atoms. The number of nitrogens with one attached hydrogen (secondary N) is 1. The van der Waals surface area contributed by atoms with Gasteiger partial charge in [0.1, 0.15) is 5.82 Å². The van der Waals surface area contributed by atoms with Gasteiger partial charge in [0, 0.05) is 25.3 Å². The van der Waals surface area contributed by atoms with Crippen LogP contribution in [0.25, 0.3) is 0 Å². The maximum absolute atomic E-state index is 4.41. The van der Waals surface area contributed by atoms with E-state index in [-0.39, 0.29) is 0 Å². The zero-order valence-electron chi connectivity index (χ0n) is 11.1. The van der Waals surface area contributed by atoms with E-state index in [1.807, 2.05) is 11.8 Å². The lowest BCUT2D eigenvalue weighted by atomic mass is 9.87. The third-order valence-electron chi connectivity index (χ3n) is 4.20. The number of hydrogen-bond donors (Lipinski definition) is 1. The summed E-state index contributed by atoms with van der Waals surface area (Å²) in [5.41, 5.74) is 0. The van der Waals surface area contributed by atoms with Crippen LogP contribution in [0.2, 0.25) is 0 Å². The van der Waals surface area contributed by atoms with Crippen molar-refractivity contribution >= 4 is 11.8 Å². The number of thioether (sulfide) groups is 1. The molecule has 1 atom stereocenters. The zero-order valence-corrected chi connectivity index (χ0v) is 11.9. The summed E-state index contributed by atoms with van der Waals surface area (Å²) < 4.78 is 2.21. The van der Waals surface area contributed by atoms with E-state index in [0.717, 1.165) is 24.2 Å². The molecule has 0 unspecified atom stereocenters. The van der Waals surface area contributed by atoms with Gasteiger partial charge in [0.25, 0.3) is 0 Å². The van der Waals surface area contributed by atoms with Crippen molar-refractivity contribution < 1.29 is 0 Å². The van der Waals surface area contributed by atoms with Gasteiger partial charge < -0.3 is 9.88 Å². The summed E-state index contributed by atoms with van der Waals surface area (Å²) in [7, 11) is 2.12. The van der Waals surface area contributed by atoms with E-state index in [0.29, 0.717) is 5.92 Å². The van der Waals surface area contributed by atoms with Gasteiger partial charge in [0.15, 0.2) is 5.16 Å². The van der Waals surface area contributed by atoms with Crippen LogP contribution in [0.15, 0.2) is 5.16 Å². The molecule has 2 heterocycles. The third-order valence-corrected chi connectivity index (χ3v) is 5.46. The first-order chi connectivity index (χ1) is 8.84. The Labute approximate surface area is 113 Å². The predicted octanol–water partition coefficient (Wildman–Crippen LogP) is 2.17. The number of aromatic nitrogens is 3. The van der Waals surface area contributed by atoms with Crippen molar-refractivity contribution in [2.45, 2.75) is 43.2 Å². The maximum Gasteiger partial charge on any atom is 0.190 e. The molecule has 5 heteroatoms. The Bertz CT molecular complexity index is 394. The molecule has 18 heavy (non-hydrogen) atoms. The van der Waals surface area contributed by atoms with E-state index < -0.39 is 0 Å². The normalized spacial score (nSPS) is 25.1. The molecule has 0 bridgehead atoms. The predicted molar refractivity (Wildman–Crippen MR) is 73.9 cm³/mol. The molecule has 0 aromatic carbocycles. The lowest BCUT2D eigenvalue weighted by Crippen LogP contribution is -2.29. The Morgan fingerprint density at radius 3 is 2.83 bits per heavy atom. The zero-order chi connectivity index (χ0) is 12.4. The summed E-state index contributed by atoms with van der Waals surface area (Å²) in [5, 5.41) is 13.3. The average molecular weight is 266 g/mol. The molecule has 1 aromatic rings. The van der Waals surface area contributed by atoms with Gasteiger partial charge in [-0.3, -0.25) is 0 Å². The smallest absolute Gasteiger partial charge is 0.190 e. The minimum atomic E-state index is 0.550. The first-order valence-corrected chi connectivity index (χ1v) is 8.06. The van der Waals surface area contributed by atoms with Crippen LogP contribution in [0.1, 0.15) is 43.8 Å². The fourth-order valence-electron chi connectivity index (χ4n) is 2.73. The summed E-state index contributed by atoms with van der Waals surface area (Å²) in [6.07, 6.45) is 6.73. The molecular weight excluding hydrogens is 244 g/mol. The van der Waals surface area contributed by atoms with Crippen LogP contribution < -0.4 is 5.32 Å². The van der Waals surface area contributed by atoms with Crippen LogP contribution in [0, 0.1) is 5.92 Å². The minimum Gasteiger partial charge on any atom is -0.316 e. The van der Waals surface area contributed by atoms with E-state index in [2.05, 4.69) is 27.1 Å². The quantitative estimate of drug-likeness (QED) is 0.848. The van der Waals surface area contributed by atoms with Gasteiger partial charge in [-0.05, 0) is 38.1 Å². The van der Waals surface area contributed by atoms with Crippen molar-refractivity contribution in [3.05, 3.63) is 5.82 Å². The Hall–Kier alpha value is -0.550. The molecule has 1 saturated heterocycles. The van der Waals surface area contributed by atoms with Crippen molar-refractivity contribution in [3.63, 3.8) is 0 Å². The summed E-state index contributed by atoms with van der Waals surface area (Å²) in [4.78, 5) is 0. The molecule has 2 aliphatic rings. The monoisotopic (exact) mass is 266 g/mol. The molecule has 1 N–H and O–H groups in total. The summed E-state index contributed by atoms with van der Waals surface area (Å²) in [6, 6.07) is 0. The number of hydrogen-bond acceptors (Lipinski definition) is 4. The molecule has 1 aromatic heterocycles. The SMILES string of the molecule is Cn1c(SCC2CCC2)nnc1[C@@H]1CCCNC1. The fourth-order valence-corrected chi connectivity index (χ4v) is 3.84. The van der Waals surface area contributed by atoms with E-state index in [1.54, 1.807) is 0 Å². The van der Waals surface area contributed by atoms with Crippen LogP contribution in [0.5, 0.6) is 0 Å². The molecule has 1 aliphatic heterocycles. The molecule has 1 saturated carbocycles. The molecule has 3 rings (SSSR count). The second-order valence-corrected chi connectivity index (χ2v) is 6.54. The number of rotatable bonds is 4. The standard InChI is InChI=1S/C13H22N4S/c1-17-12(11-6-3-7-14-8-11)15-16-13(17)18-9-10-4-2-5-10/h10-11,14H,2-9H2,1H3/t11-/m1/s1. The van der Waals surface area contributed by atoms with Gasteiger partial charge in [-0.1, -0.05) is 18.2 Å². The van der Waals surface area contributed by atoms with Gasteiger partial charge in [0.2, 0.25) is 0 Å². The van der Waals surface area contributed by atoms with Gasteiger partial charge in [-0.15, -0.1) is 10.2 Å². The van der Waals surface area contributed by atoms with Crippen molar-refractivity contribution in [1.29, 1.82) is 0 Å². The van der Waals surface area contributed by atoms with Crippen LogP contribution in [0.4, 0.5) is 0 Å². The molecule has 1 aliphatic carbocycles. The largest absolute Gasteiger partial charge is 0.316 e. The summed E-state index contributed by atoms with van der Waals surface area (Å²) in [6.45, 7) is 2.21. The second-order valence-electron chi connectivity index (χ2n) is 5.55. The highest BCUT2D eigenvalue weighted by Crippen LogP contribution is 2.32. The van der Waals surface area contributed by atoms with E-state index in [4.69, 9.17) is 0 Å². The molecule has 2 fully saturated rings. The topological polar surface area (TPSA) is 42.7 Å². The lowest BCUT2D eigenvalue weighted by Gasteiger charge is -2.24. The van der Waals surface area contributed by atoms with E-state index in [1.165, 1.54) is 43.7 Å². The summed E-state index contributed by atoms with van der Waals surface area (Å²) >= 11 is 1.88. The lowest BCUT2D eigenvalue weighted by molar-refractivity contribution is 0.353. The molecule has 0 amide bonds. The van der Waals surface area contributed by atoms with Crippen LogP contribution >= 0.6 is 11.8 Å². The Morgan fingerprint density at radius 2 is 2.17 bits per heavy atom. The number of piperidine rings is 1. The Morgan fingerprint density at radius 1 is 1.28 bits per heavy atom. The Balaban J connectivity index is 1.62. The molecular formula is C13H22N4S. The first-order valence-electron chi connectivity index (χ1n) is 7.07. The molecule has 100 valence electrons. The second kappa shape index (κ2) is 5.61. The Kier molecular flexibility index (Phi) is 3.89. The van der Waals surface area contributed by atoms with Crippen LogP contribution in [-0.4, -0.2) is 33.6 Å². The number of nitrogens with zero attached hydrogens (tertiary/aromatic N) is 3. The maximum atomic E-state index is 4.41. The van der Waals surface area contributed by atoms with Gasteiger partial charge in [-0.25, -0.2) is 0 Å². The van der Waals surface area contributed by atoms with Crippen molar-refractivity contribution in [2.24, 2.45) is 13.0 Å². The molecule has 0 radical (unpaired) electrons. The highest BCUT2D eigenvalue weighted by Gasteiger charge is 2.23.